The lowest BCUT2D eigenvalue weighted by atomic mass is 10.1. The molecule has 1 aliphatic carbocycles. The van der Waals surface area contributed by atoms with E-state index in [1.807, 2.05) is 0 Å². The first kappa shape index (κ1) is 20.5. The summed E-state index contributed by atoms with van der Waals surface area (Å²) >= 11 is 0. The molecule has 0 unspecified atom stereocenters. The minimum Gasteiger partial charge on any atom is -0.434 e. The minimum absolute atomic E-state index is 0.0100. The molecule has 0 aliphatic heterocycles. The predicted molar refractivity (Wildman–Crippen MR) is 107 cm³/mol. The van der Waals surface area contributed by atoms with Gasteiger partial charge in [-0.2, -0.15) is 8.78 Å². The zero-order chi connectivity index (χ0) is 20.6. The van der Waals surface area contributed by atoms with Crippen molar-refractivity contribution in [1.82, 2.24) is 5.32 Å². The Morgan fingerprint density at radius 3 is 2.41 bits per heavy atom. The van der Waals surface area contributed by atoms with Crippen molar-refractivity contribution >= 4 is 23.6 Å². The van der Waals surface area contributed by atoms with Gasteiger partial charge in [0.25, 0.3) is 5.91 Å². The van der Waals surface area contributed by atoms with Crippen LogP contribution in [0.3, 0.4) is 0 Å². The van der Waals surface area contributed by atoms with Gasteiger partial charge in [0.2, 0.25) is 5.91 Å². The molecule has 0 heterocycles. The Hall–Kier alpha value is -3.22. The normalized spacial score (nSPS) is 14.3. The molecule has 2 aromatic carbocycles. The van der Waals surface area contributed by atoms with Gasteiger partial charge >= 0.3 is 6.61 Å². The Kier molecular flexibility index (Phi) is 6.94. The highest BCUT2D eigenvalue weighted by Crippen LogP contribution is 2.22. The number of hydrogen-bond acceptors (Lipinski definition) is 3. The fraction of sp³-hybridized carbons (Fsp3) is 0.273. The molecule has 0 spiro atoms. The van der Waals surface area contributed by atoms with Crippen LogP contribution in [0.2, 0.25) is 0 Å². The number of alkyl halides is 2. The molecule has 0 atom stereocenters. The van der Waals surface area contributed by atoms with E-state index in [0.717, 1.165) is 25.7 Å². The van der Waals surface area contributed by atoms with E-state index < -0.39 is 12.5 Å². The first-order valence-electron chi connectivity index (χ1n) is 9.45. The number of benzene rings is 2. The van der Waals surface area contributed by atoms with Gasteiger partial charge in [-0.1, -0.05) is 31.0 Å². The Morgan fingerprint density at radius 1 is 1.03 bits per heavy atom. The summed E-state index contributed by atoms with van der Waals surface area (Å²) in [6.45, 7) is -2.94. The lowest BCUT2D eigenvalue weighted by Gasteiger charge is -2.12. The van der Waals surface area contributed by atoms with Crippen LogP contribution < -0.4 is 15.4 Å². The van der Waals surface area contributed by atoms with E-state index >= 15 is 0 Å². The molecule has 0 aromatic heterocycles. The number of nitrogens with one attached hydrogen (secondary N) is 2. The van der Waals surface area contributed by atoms with Gasteiger partial charge in [-0.3, -0.25) is 9.59 Å². The highest BCUT2D eigenvalue weighted by molar-refractivity contribution is 6.02. The van der Waals surface area contributed by atoms with E-state index in [1.54, 1.807) is 42.5 Å². The van der Waals surface area contributed by atoms with Crippen LogP contribution in [0.5, 0.6) is 5.75 Å². The maximum atomic E-state index is 12.4. The maximum Gasteiger partial charge on any atom is 0.387 e. The molecule has 1 saturated carbocycles. The summed E-state index contributed by atoms with van der Waals surface area (Å²) in [6.07, 6.45) is 6.94. The highest BCUT2D eigenvalue weighted by atomic mass is 19.3. The maximum absolute atomic E-state index is 12.4. The number of halogens is 2. The number of anilines is 1. The van der Waals surface area contributed by atoms with Crippen LogP contribution in [0, 0.1) is 0 Å². The second-order valence-electron chi connectivity index (χ2n) is 6.77. The molecule has 0 saturated heterocycles. The number of para-hydroxylation sites is 1. The Bertz CT molecular complexity index is 876. The van der Waals surface area contributed by atoms with Crippen molar-refractivity contribution in [2.45, 2.75) is 38.3 Å². The molecule has 0 radical (unpaired) electrons. The molecule has 152 valence electrons. The van der Waals surface area contributed by atoms with Gasteiger partial charge in [0.05, 0.1) is 0 Å². The van der Waals surface area contributed by atoms with Crippen molar-refractivity contribution in [2.75, 3.05) is 5.32 Å². The lowest BCUT2D eigenvalue weighted by molar-refractivity contribution is -0.111. The number of hydrogen-bond donors (Lipinski definition) is 2. The summed E-state index contributed by atoms with van der Waals surface area (Å²) in [4.78, 5) is 24.3. The summed E-state index contributed by atoms with van der Waals surface area (Å²) in [6, 6.07) is 13.0. The van der Waals surface area contributed by atoms with Crippen molar-refractivity contribution in [3.05, 3.63) is 65.7 Å². The summed E-state index contributed by atoms with van der Waals surface area (Å²) in [5, 5.41) is 5.68. The van der Waals surface area contributed by atoms with Crippen LogP contribution in [0.15, 0.2) is 54.6 Å². The van der Waals surface area contributed by atoms with Gasteiger partial charge in [-0.25, -0.2) is 0 Å². The third-order valence-electron chi connectivity index (χ3n) is 4.65. The second-order valence-corrected chi connectivity index (χ2v) is 6.77. The van der Waals surface area contributed by atoms with E-state index in [2.05, 4.69) is 15.4 Å². The molecule has 2 N–H and O–H groups in total. The Balaban J connectivity index is 1.57. The standard InChI is InChI=1S/C22H22F2N2O3/c23-22(24)29-19-8-4-1-5-15(19)11-14-20(27)25-18-12-9-16(10-13-18)21(28)26-17-6-2-3-7-17/h1,4-5,8-14,17,22H,2-3,6-7H2,(H,25,27)(H,26,28)/b14-11+. The third-order valence-corrected chi connectivity index (χ3v) is 4.65. The molecule has 5 nitrogen and oxygen atoms in total. The summed E-state index contributed by atoms with van der Waals surface area (Å²) < 4.78 is 29.3. The Labute approximate surface area is 167 Å². The van der Waals surface area contributed by atoms with Gasteiger partial charge in [-0.05, 0) is 49.2 Å². The number of carbonyl (C=O) groups is 2. The average molecular weight is 400 g/mol. The van der Waals surface area contributed by atoms with Crippen molar-refractivity contribution in [1.29, 1.82) is 0 Å². The summed E-state index contributed by atoms with van der Waals surface area (Å²) in [7, 11) is 0. The predicted octanol–water partition coefficient (Wildman–Crippen LogP) is 4.61. The first-order chi connectivity index (χ1) is 14.0. The van der Waals surface area contributed by atoms with Gasteiger partial charge in [0.15, 0.2) is 0 Å². The fourth-order valence-electron chi connectivity index (χ4n) is 3.21. The SMILES string of the molecule is O=C(/C=C/c1ccccc1OC(F)F)Nc1ccc(C(=O)NC2CCCC2)cc1. The molecular formula is C22H22F2N2O3. The molecule has 7 heteroatoms. The van der Waals surface area contributed by atoms with E-state index in [-0.39, 0.29) is 17.7 Å². The van der Waals surface area contributed by atoms with Crippen LogP contribution in [0.1, 0.15) is 41.6 Å². The van der Waals surface area contributed by atoms with Crippen molar-refractivity contribution in [3.8, 4) is 5.75 Å². The first-order valence-corrected chi connectivity index (χ1v) is 9.45. The number of carbonyl (C=O) groups excluding carboxylic acids is 2. The molecule has 1 aliphatic rings. The van der Waals surface area contributed by atoms with E-state index in [4.69, 9.17) is 0 Å². The number of amides is 2. The monoisotopic (exact) mass is 400 g/mol. The van der Waals surface area contributed by atoms with Gasteiger partial charge in [0, 0.05) is 28.9 Å². The number of ether oxygens (including phenoxy) is 1. The largest absolute Gasteiger partial charge is 0.434 e. The van der Waals surface area contributed by atoms with Crippen LogP contribution in [0.25, 0.3) is 6.08 Å². The fourth-order valence-corrected chi connectivity index (χ4v) is 3.21. The van der Waals surface area contributed by atoms with Crippen molar-refractivity contribution in [2.24, 2.45) is 0 Å². The topological polar surface area (TPSA) is 67.4 Å². The molecule has 0 bridgehead atoms. The zero-order valence-electron chi connectivity index (χ0n) is 15.7. The molecule has 2 aromatic rings. The van der Waals surface area contributed by atoms with Gasteiger partial charge in [-0.15, -0.1) is 0 Å². The molecular weight excluding hydrogens is 378 g/mol. The van der Waals surface area contributed by atoms with Crippen LogP contribution in [0.4, 0.5) is 14.5 Å². The van der Waals surface area contributed by atoms with E-state index in [9.17, 15) is 18.4 Å². The van der Waals surface area contributed by atoms with Crippen LogP contribution in [-0.4, -0.2) is 24.5 Å². The summed E-state index contributed by atoms with van der Waals surface area (Å²) in [5.41, 5.74) is 1.42. The zero-order valence-corrected chi connectivity index (χ0v) is 15.7. The second kappa shape index (κ2) is 9.82. The van der Waals surface area contributed by atoms with E-state index in [1.165, 1.54) is 18.2 Å². The highest BCUT2D eigenvalue weighted by Gasteiger charge is 2.17. The Morgan fingerprint density at radius 2 is 1.72 bits per heavy atom. The van der Waals surface area contributed by atoms with Crippen LogP contribution in [-0.2, 0) is 4.79 Å². The van der Waals surface area contributed by atoms with Crippen molar-refractivity contribution in [3.63, 3.8) is 0 Å². The van der Waals surface area contributed by atoms with Crippen molar-refractivity contribution < 1.29 is 23.1 Å². The van der Waals surface area contributed by atoms with Gasteiger partial charge < -0.3 is 15.4 Å². The quantitative estimate of drug-likeness (QED) is 0.667. The molecule has 2 amide bonds. The van der Waals surface area contributed by atoms with Crippen LogP contribution >= 0.6 is 0 Å². The number of rotatable bonds is 7. The molecule has 1 fully saturated rings. The smallest absolute Gasteiger partial charge is 0.387 e. The van der Waals surface area contributed by atoms with E-state index in [0.29, 0.717) is 16.8 Å². The molecule has 29 heavy (non-hydrogen) atoms. The average Bonchev–Trinajstić information content (AvgIpc) is 3.20. The lowest BCUT2D eigenvalue weighted by Crippen LogP contribution is -2.32. The van der Waals surface area contributed by atoms with Gasteiger partial charge in [0.1, 0.15) is 5.75 Å². The molecule has 3 rings (SSSR count). The minimum atomic E-state index is -2.94. The summed E-state index contributed by atoms with van der Waals surface area (Å²) in [5.74, 6) is -0.561. The third kappa shape index (κ3) is 6.14.